The summed E-state index contributed by atoms with van der Waals surface area (Å²) in [4.78, 5) is 0. The van der Waals surface area contributed by atoms with Crippen LogP contribution in [0.25, 0.3) is 0 Å². The minimum absolute atomic E-state index is 0.195. The third-order valence-corrected chi connectivity index (χ3v) is 1.68. The number of halogens is 3. The molecule has 0 amide bonds. The van der Waals surface area contributed by atoms with Gasteiger partial charge >= 0.3 is 12.2 Å². The van der Waals surface area contributed by atoms with E-state index in [0.29, 0.717) is 0 Å². The number of rotatable bonds is 4. The van der Waals surface area contributed by atoms with Crippen molar-refractivity contribution in [3.05, 3.63) is 5.89 Å². The van der Waals surface area contributed by atoms with Gasteiger partial charge in [-0.05, 0) is 14.0 Å². The van der Waals surface area contributed by atoms with Crippen molar-refractivity contribution in [2.45, 2.75) is 19.1 Å². The van der Waals surface area contributed by atoms with Gasteiger partial charge in [-0.3, -0.25) is 0 Å². The molecule has 0 aliphatic carbocycles. The number of nitrogens with zero attached hydrogens (tertiary/aromatic N) is 2. The minimum atomic E-state index is -4.30. The molecule has 0 aromatic carbocycles. The highest BCUT2D eigenvalue weighted by atomic mass is 19.4. The normalized spacial score (nSPS) is 13.9. The lowest BCUT2D eigenvalue weighted by Crippen LogP contribution is -2.21. The molecule has 1 rings (SSSR count). The molecule has 1 atom stereocenters. The Morgan fingerprint density at radius 3 is 2.60 bits per heavy atom. The molecule has 0 fully saturated rings. The second-order valence-corrected chi connectivity index (χ2v) is 2.92. The Bertz CT molecular complexity index is 311. The number of nitrogens with one attached hydrogen (secondary N) is 2. The number of hydrogen-bond donors (Lipinski definition) is 2. The van der Waals surface area contributed by atoms with Crippen LogP contribution >= 0.6 is 0 Å². The summed E-state index contributed by atoms with van der Waals surface area (Å²) in [5.41, 5.74) is 0. The monoisotopic (exact) mass is 224 g/mol. The number of hydrogen-bond acceptors (Lipinski definition) is 5. The van der Waals surface area contributed by atoms with E-state index in [9.17, 15) is 13.2 Å². The van der Waals surface area contributed by atoms with Gasteiger partial charge in [0.05, 0.1) is 6.04 Å². The summed E-state index contributed by atoms with van der Waals surface area (Å²) >= 11 is 0. The molecule has 86 valence electrons. The van der Waals surface area contributed by atoms with Crippen LogP contribution in [0.4, 0.5) is 19.2 Å². The molecule has 0 saturated carbocycles. The van der Waals surface area contributed by atoms with Crippen molar-refractivity contribution in [2.75, 3.05) is 18.9 Å². The van der Waals surface area contributed by atoms with Crippen LogP contribution in [0, 0.1) is 0 Å². The van der Waals surface area contributed by atoms with Crippen molar-refractivity contribution >= 4 is 6.01 Å². The molecule has 0 spiro atoms. The Balaban J connectivity index is 2.53. The van der Waals surface area contributed by atoms with Gasteiger partial charge < -0.3 is 15.1 Å². The first-order valence-electron chi connectivity index (χ1n) is 4.23. The Hall–Kier alpha value is -1.31. The van der Waals surface area contributed by atoms with Crippen molar-refractivity contribution in [3.63, 3.8) is 0 Å². The van der Waals surface area contributed by atoms with Crippen LogP contribution in [-0.4, -0.2) is 30.0 Å². The highest BCUT2D eigenvalue weighted by Crippen LogP contribution is 2.17. The lowest BCUT2D eigenvalue weighted by molar-refractivity contribution is -0.115. The Morgan fingerprint density at radius 2 is 2.07 bits per heavy atom. The van der Waals surface area contributed by atoms with Crippen LogP contribution in [0.3, 0.4) is 0 Å². The summed E-state index contributed by atoms with van der Waals surface area (Å²) in [6.07, 6.45) is -4.30. The van der Waals surface area contributed by atoms with E-state index in [1.54, 1.807) is 14.0 Å². The smallest absolute Gasteiger partial charge is 0.405 e. The summed E-state index contributed by atoms with van der Waals surface area (Å²) in [6, 6.07) is -0.427. The largest absolute Gasteiger partial charge is 0.406 e. The predicted molar refractivity (Wildman–Crippen MR) is 46.3 cm³/mol. The standard InChI is InChI=1S/C7H11F3N4O/c1-4(11-2)5-13-14-6(15-5)12-3-7(8,9)10/h4,11H,3H2,1-2H3,(H,12,14). The van der Waals surface area contributed by atoms with Gasteiger partial charge in [-0.1, -0.05) is 5.10 Å². The first-order chi connectivity index (χ1) is 6.92. The maximum Gasteiger partial charge on any atom is 0.405 e. The zero-order chi connectivity index (χ0) is 11.5. The Kier molecular flexibility index (Phi) is 3.51. The average molecular weight is 224 g/mol. The zero-order valence-electron chi connectivity index (χ0n) is 8.22. The third kappa shape index (κ3) is 3.74. The van der Waals surface area contributed by atoms with Crippen LogP contribution in [0.5, 0.6) is 0 Å². The van der Waals surface area contributed by atoms with E-state index in [-0.39, 0.29) is 17.9 Å². The number of anilines is 1. The molecule has 8 heteroatoms. The Labute approximate surface area is 84.1 Å². The van der Waals surface area contributed by atoms with E-state index < -0.39 is 12.7 Å². The van der Waals surface area contributed by atoms with E-state index in [0.717, 1.165) is 0 Å². The van der Waals surface area contributed by atoms with Crippen LogP contribution in [0.2, 0.25) is 0 Å². The predicted octanol–water partition coefficient (Wildman–Crippen LogP) is 1.32. The number of alkyl halides is 3. The molecule has 1 aromatic heterocycles. The highest BCUT2D eigenvalue weighted by molar-refractivity contribution is 5.17. The lowest BCUT2D eigenvalue weighted by Gasteiger charge is -2.05. The van der Waals surface area contributed by atoms with Gasteiger partial charge in [0.15, 0.2) is 0 Å². The van der Waals surface area contributed by atoms with Crippen LogP contribution < -0.4 is 10.6 Å². The fraction of sp³-hybridized carbons (Fsp3) is 0.714. The van der Waals surface area contributed by atoms with E-state index in [2.05, 4.69) is 15.5 Å². The van der Waals surface area contributed by atoms with Gasteiger partial charge in [0.25, 0.3) is 0 Å². The second kappa shape index (κ2) is 4.47. The molecule has 1 unspecified atom stereocenters. The van der Waals surface area contributed by atoms with Gasteiger partial charge in [-0.2, -0.15) is 13.2 Å². The number of aromatic nitrogens is 2. The fourth-order valence-corrected chi connectivity index (χ4v) is 0.780. The quantitative estimate of drug-likeness (QED) is 0.807. The molecule has 2 N–H and O–H groups in total. The molecule has 0 radical (unpaired) electrons. The van der Waals surface area contributed by atoms with E-state index in [1.807, 2.05) is 5.32 Å². The van der Waals surface area contributed by atoms with Crippen molar-refractivity contribution in [1.29, 1.82) is 0 Å². The summed E-state index contributed by atoms with van der Waals surface area (Å²) in [7, 11) is 1.68. The third-order valence-electron chi connectivity index (χ3n) is 1.68. The summed E-state index contributed by atoms with van der Waals surface area (Å²) in [6.45, 7) is 0.559. The van der Waals surface area contributed by atoms with Crippen molar-refractivity contribution in [3.8, 4) is 0 Å². The average Bonchev–Trinajstić information content (AvgIpc) is 2.61. The molecule has 1 aromatic rings. The second-order valence-electron chi connectivity index (χ2n) is 2.92. The van der Waals surface area contributed by atoms with E-state index in [4.69, 9.17) is 4.42 Å². The molecule has 0 saturated heterocycles. The molecule has 5 nitrogen and oxygen atoms in total. The molecule has 1 heterocycles. The van der Waals surface area contributed by atoms with Crippen molar-refractivity contribution in [2.24, 2.45) is 0 Å². The van der Waals surface area contributed by atoms with Crippen LogP contribution in [0.15, 0.2) is 4.42 Å². The topological polar surface area (TPSA) is 63.0 Å². The van der Waals surface area contributed by atoms with Crippen molar-refractivity contribution < 1.29 is 17.6 Å². The molecular formula is C7H11F3N4O. The fourth-order valence-electron chi connectivity index (χ4n) is 0.780. The zero-order valence-corrected chi connectivity index (χ0v) is 8.22. The SMILES string of the molecule is CNC(C)c1nnc(NCC(F)(F)F)o1. The highest BCUT2D eigenvalue weighted by Gasteiger charge is 2.27. The molecular weight excluding hydrogens is 213 g/mol. The summed E-state index contributed by atoms with van der Waals surface area (Å²) < 4.78 is 40.4. The molecule has 0 aliphatic rings. The molecule has 0 aliphatic heterocycles. The first-order valence-corrected chi connectivity index (χ1v) is 4.23. The van der Waals surface area contributed by atoms with Crippen LogP contribution in [-0.2, 0) is 0 Å². The van der Waals surface area contributed by atoms with Gasteiger partial charge in [0, 0.05) is 0 Å². The van der Waals surface area contributed by atoms with E-state index in [1.165, 1.54) is 0 Å². The Morgan fingerprint density at radius 1 is 1.40 bits per heavy atom. The molecule has 15 heavy (non-hydrogen) atoms. The maximum absolute atomic E-state index is 11.8. The van der Waals surface area contributed by atoms with Gasteiger partial charge in [-0.15, -0.1) is 5.10 Å². The summed E-state index contributed by atoms with van der Waals surface area (Å²) in [5.74, 6) is 0.238. The maximum atomic E-state index is 11.8. The molecule has 0 bridgehead atoms. The van der Waals surface area contributed by atoms with Gasteiger partial charge in [-0.25, -0.2) is 0 Å². The first kappa shape index (κ1) is 11.8. The van der Waals surface area contributed by atoms with Crippen molar-refractivity contribution in [1.82, 2.24) is 15.5 Å². The van der Waals surface area contributed by atoms with Crippen LogP contribution in [0.1, 0.15) is 18.9 Å². The van der Waals surface area contributed by atoms with Gasteiger partial charge in [0.1, 0.15) is 6.54 Å². The summed E-state index contributed by atoms with van der Waals surface area (Å²) in [5, 5.41) is 11.8. The lowest BCUT2D eigenvalue weighted by atomic mass is 10.3. The van der Waals surface area contributed by atoms with E-state index >= 15 is 0 Å². The van der Waals surface area contributed by atoms with Gasteiger partial charge in [0.2, 0.25) is 5.89 Å². The minimum Gasteiger partial charge on any atom is -0.406 e.